The van der Waals surface area contributed by atoms with E-state index in [4.69, 9.17) is 0 Å². The van der Waals surface area contributed by atoms with Crippen molar-refractivity contribution in [3.8, 4) is 0 Å². The number of aryl methyl sites for hydroxylation is 1. The fourth-order valence-corrected chi connectivity index (χ4v) is 3.35. The predicted octanol–water partition coefficient (Wildman–Crippen LogP) is 4.35. The quantitative estimate of drug-likeness (QED) is 0.557. The average molecular weight is 414 g/mol. The molecule has 0 radical (unpaired) electrons. The SMILES string of the molecule is CCc1ccc(NC(=O)c2cnn3c2NC(C(=O)O)=C[C@H]3/C=C/c2ccccc2)cc1. The molecule has 1 aliphatic rings. The molecule has 0 saturated carbocycles. The Labute approximate surface area is 179 Å². The third-order valence-corrected chi connectivity index (χ3v) is 5.05. The first-order chi connectivity index (χ1) is 15.0. The molecule has 3 aromatic rings. The van der Waals surface area contributed by atoms with Gasteiger partial charge >= 0.3 is 5.97 Å². The van der Waals surface area contributed by atoms with Gasteiger partial charge in [0.05, 0.1) is 12.2 Å². The number of aliphatic carboxylic acids is 1. The van der Waals surface area contributed by atoms with Crippen molar-refractivity contribution in [3.63, 3.8) is 0 Å². The number of aromatic nitrogens is 2. The number of benzene rings is 2. The molecule has 7 nitrogen and oxygen atoms in total. The number of nitrogens with one attached hydrogen (secondary N) is 2. The summed E-state index contributed by atoms with van der Waals surface area (Å²) in [4.78, 5) is 24.5. The Bertz CT molecular complexity index is 1160. The first-order valence-corrected chi connectivity index (χ1v) is 9.98. The highest BCUT2D eigenvalue weighted by atomic mass is 16.4. The van der Waals surface area contributed by atoms with Crippen molar-refractivity contribution in [2.75, 3.05) is 10.6 Å². The molecule has 2 aromatic carbocycles. The average Bonchev–Trinajstić information content (AvgIpc) is 3.23. The second-order valence-electron chi connectivity index (χ2n) is 7.13. The van der Waals surface area contributed by atoms with Crippen LogP contribution >= 0.6 is 0 Å². The molecule has 1 amide bonds. The van der Waals surface area contributed by atoms with Gasteiger partial charge in [0.25, 0.3) is 5.91 Å². The van der Waals surface area contributed by atoms with Crippen LogP contribution in [-0.4, -0.2) is 26.8 Å². The topological polar surface area (TPSA) is 96.3 Å². The minimum atomic E-state index is -1.10. The van der Waals surface area contributed by atoms with Crippen molar-refractivity contribution < 1.29 is 14.7 Å². The van der Waals surface area contributed by atoms with E-state index in [1.807, 2.05) is 66.7 Å². The Kier molecular flexibility index (Phi) is 5.66. The number of hydrogen-bond donors (Lipinski definition) is 3. The Hall–Kier alpha value is -4.13. The van der Waals surface area contributed by atoms with Gasteiger partial charge in [-0.1, -0.05) is 61.5 Å². The summed E-state index contributed by atoms with van der Waals surface area (Å²) in [7, 11) is 0. The van der Waals surface area contributed by atoms with E-state index >= 15 is 0 Å². The molecule has 0 saturated heterocycles. The van der Waals surface area contributed by atoms with E-state index in [1.54, 1.807) is 10.8 Å². The number of carbonyl (C=O) groups is 2. The van der Waals surface area contributed by atoms with Gasteiger partial charge in [0, 0.05) is 5.69 Å². The summed E-state index contributed by atoms with van der Waals surface area (Å²) >= 11 is 0. The maximum absolute atomic E-state index is 12.9. The number of allylic oxidation sites excluding steroid dienone is 2. The molecular weight excluding hydrogens is 392 g/mol. The van der Waals surface area contributed by atoms with E-state index in [2.05, 4.69) is 22.7 Å². The van der Waals surface area contributed by atoms with Gasteiger partial charge in [-0.05, 0) is 35.8 Å². The molecule has 4 rings (SSSR count). The zero-order chi connectivity index (χ0) is 21.8. The first-order valence-electron chi connectivity index (χ1n) is 9.98. The second kappa shape index (κ2) is 8.71. The van der Waals surface area contributed by atoms with Crippen molar-refractivity contribution in [2.45, 2.75) is 19.4 Å². The van der Waals surface area contributed by atoms with Gasteiger partial charge in [-0.3, -0.25) is 4.79 Å². The van der Waals surface area contributed by atoms with E-state index in [1.165, 1.54) is 11.8 Å². The summed E-state index contributed by atoms with van der Waals surface area (Å²) in [6.07, 6.45) is 7.66. The smallest absolute Gasteiger partial charge is 0.352 e. The van der Waals surface area contributed by atoms with Crippen molar-refractivity contribution in [1.29, 1.82) is 0 Å². The number of rotatable bonds is 6. The summed E-state index contributed by atoms with van der Waals surface area (Å²) in [6, 6.07) is 16.8. The number of carboxylic acids is 1. The minimum Gasteiger partial charge on any atom is -0.477 e. The standard InChI is InChI=1S/C24H22N4O3/c1-2-16-8-11-18(12-9-16)26-23(29)20-15-25-28-19(13-10-17-6-4-3-5-7-17)14-21(24(30)31)27-22(20)28/h3-15,19,27H,2H2,1H3,(H,26,29)(H,30,31)/b13-10+/t19-/m1/s1. The summed E-state index contributed by atoms with van der Waals surface area (Å²) in [5, 5.41) is 19.5. The normalized spacial score (nSPS) is 15.1. The number of nitrogens with zero attached hydrogens (tertiary/aromatic N) is 2. The van der Waals surface area contributed by atoms with Crippen LogP contribution in [0.2, 0.25) is 0 Å². The van der Waals surface area contributed by atoms with Gasteiger partial charge in [0.1, 0.15) is 17.1 Å². The number of amides is 1. The predicted molar refractivity (Wildman–Crippen MR) is 120 cm³/mol. The van der Waals surface area contributed by atoms with E-state index in [-0.39, 0.29) is 17.2 Å². The molecule has 0 spiro atoms. The van der Waals surface area contributed by atoms with Crippen molar-refractivity contribution in [1.82, 2.24) is 9.78 Å². The number of carboxylic acid groups (broad SMARTS) is 1. The zero-order valence-corrected chi connectivity index (χ0v) is 16.9. The second-order valence-corrected chi connectivity index (χ2v) is 7.13. The van der Waals surface area contributed by atoms with E-state index in [0.29, 0.717) is 11.5 Å². The fraction of sp³-hybridized carbons (Fsp3) is 0.125. The third kappa shape index (κ3) is 4.40. The van der Waals surface area contributed by atoms with Crippen molar-refractivity contribution in [2.24, 2.45) is 0 Å². The lowest BCUT2D eigenvalue weighted by molar-refractivity contribution is -0.132. The van der Waals surface area contributed by atoms with Crippen molar-refractivity contribution >= 4 is 29.5 Å². The van der Waals surface area contributed by atoms with Crippen LogP contribution in [0.15, 0.2) is 78.6 Å². The van der Waals surface area contributed by atoms with E-state index in [0.717, 1.165) is 12.0 Å². The van der Waals surface area contributed by atoms with Crippen LogP contribution in [0.25, 0.3) is 6.08 Å². The molecule has 0 unspecified atom stereocenters. The van der Waals surface area contributed by atoms with Gasteiger partial charge < -0.3 is 15.7 Å². The maximum atomic E-state index is 12.9. The number of fused-ring (bicyclic) bond motifs is 1. The Morgan fingerprint density at radius 3 is 2.58 bits per heavy atom. The van der Waals surface area contributed by atoms with Gasteiger partial charge in [-0.2, -0.15) is 5.10 Å². The number of hydrogen-bond acceptors (Lipinski definition) is 4. The van der Waals surface area contributed by atoms with Gasteiger partial charge in [0.15, 0.2) is 0 Å². The summed E-state index contributed by atoms with van der Waals surface area (Å²) in [6.45, 7) is 2.06. The van der Waals surface area contributed by atoms with Gasteiger partial charge in [0.2, 0.25) is 0 Å². The van der Waals surface area contributed by atoms with Crippen LogP contribution in [0, 0.1) is 0 Å². The molecule has 7 heteroatoms. The lowest BCUT2D eigenvalue weighted by atomic mass is 10.1. The van der Waals surface area contributed by atoms with Crippen LogP contribution < -0.4 is 10.6 Å². The number of anilines is 2. The minimum absolute atomic E-state index is 0.00272. The fourth-order valence-electron chi connectivity index (χ4n) is 3.35. The van der Waals surface area contributed by atoms with E-state index < -0.39 is 12.0 Å². The van der Waals surface area contributed by atoms with Gasteiger partial charge in [-0.15, -0.1) is 0 Å². The molecule has 0 aliphatic carbocycles. The van der Waals surface area contributed by atoms with Crippen LogP contribution in [0.4, 0.5) is 11.5 Å². The molecule has 2 heterocycles. The molecular formula is C24H22N4O3. The monoisotopic (exact) mass is 414 g/mol. The number of carbonyl (C=O) groups excluding carboxylic acids is 1. The Morgan fingerprint density at radius 2 is 1.90 bits per heavy atom. The van der Waals surface area contributed by atoms with Gasteiger partial charge in [-0.25, -0.2) is 9.48 Å². The van der Waals surface area contributed by atoms with Crippen LogP contribution in [0.5, 0.6) is 0 Å². The summed E-state index contributed by atoms with van der Waals surface area (Å²) in [5.41, 5.74) is 3.08. The molecule has 156 valence electrons. The maximum Gasteiger partial charge on any atom is 0.352 e. The Morgan fingerprint density at radius 1 is 1.16 bits per heavy atom. The summed E-state index contributed by atoms with van der Waals surface area (Å²) < 4.78 is 1.60. The van der Waals surface area contributed by atoms with Crippen LogP contribution in [-0.2, 0) is 11.2 Å². The van der Waals surface area contributed by atoms with E-state index in [9.17, 15) is 14.7 Å². The molecule has 1 atom stereocenters. The highest BCUT2D eigenvalue weighted by Crippen LogP contribution is 2.29. The molecule has 0 bridgehead atoms. The zero-order valence-electron chi connectivity index (χ0n) is 16.9. The lowest BCUT2D eigenvalue weighted by Gasteiger charge is -2.22. The van der Waals surface area contributed by atoms with Crippen LogP contribution in [0.3, 0.4) is 0 Å². The molecule has 0 fully saturated rings. The highest BCUT2D eigenvalue weighted by molar-refractivity contribution is 6.08. The summed E-state index contributed by atoms with van der Waals surface area (Å²) in [5.74, 6) is -1.13. The third-order valence-electron chi connectivity index (χ3n) is 5.05. The van der Waals surface area contributed by atoms with Crippen LogP contribution in [0.1, 0.15) is 34.5 Å². The highest BCUT2D eigenvalue weighted by Gasteiger charge is 2.27. The Balaban J connectivity index is 1.62. The first kappa shape index (κ1) is 20.2. The molecule has 3 N–H and O–H groups in total. The molecule has 1 aromatic heterocycles. The lowest BCUT2D eigenvalue weighted by Crippen LogP contribution is -2.24. The molecule has 31 heavy (non-hydrogen) atoms. The largest absolute Gasteiger partial charge is 0.477 e. The van der Waals surface area contributed by atoms with Crippen molar-refractivity contribution in [3.05, 3.63) is 95.3 Å². The molecule has 1 aliphatic heterocycles.